The molecule has 0 saturated carbocycles. The van der Waals surface area contributed by atoms with Gasteiger partial charge in [-0.1, -0.05) is 0 Å². The first-order valence-corrected chi connectivity index (χ1v) is 10.2. The Morgan fingerprint density at radius 2 is 1.14 bits per heavy atom. The summed E-state index contributed by atoms with van der Waals surface area (Å²) >= 11 is 5.48. The third kappa shape index (κ3) is 16.1. The van der Waals surface area contributed by atoms with Gasteiger partial charge in [0.25, 0.3) is 0 Å². The lowest BCUT2D eigenvalue weighted by Crippen LogP contribution is -2.14. The lowest BCUT2D eigenvalue weighted by molar-refractivity contribution is -0.114. The van der Waals surface area contributed by atoms with Crippen molar-refractivity contribution in [2.45, 2.75) is 6.92 Å². The van der Waals surface area contributed by atoms with Crippen LogP contribution in [0.2, 0.25) is 0 Å². The zero-order valence-electron chi connectivity index (χ0n) is 17.0. The molecule has 0 fully saturated rings. The molecule has 0 bridgehead atoms. The van der Waals surface area contributed by atoms with Gasteiger partial charge in [0, 0.05) is 18.5 Å². The second kappa shape index (κ2) is 18.6. The third-order valence-corrected chi connectivity index (χ3v) is 3.53. The van der Waals surface area contributed by atoms with E-state index >= 15 is 0 Å². The smallest absolute Gasteiger partial charge is 0.221 e. The van der Waals surface area contributed by atoms with E-state index in [1.165, 1.54) is 6.92 Å². The van der Waals surface area contributed by atoms with Crippen LogP contribution in [-0.2, 0) is 28.5 Å². The van der Waals surface area contributed by atoms with Gasteiger partial charge in [0.05, 0.1) is 66.1 Å². The van der Waals surface area contributed by atoms with Crippen molar-refractivity contribution in [3.8, 4) is 5.75 Å². The highest BCUT2D eigenvalue weighted by Gasteiger charge is 1.98. The molecular formula is C20H32ClNO7. The number of benzene rings is 1. The van der Waals surface area contributed by atoms with Crippen LogP contribution < -0.4 is 10.1 Å². The molecule has 0 saturated heterocycles. The number of alkyl halides is 1. The van der Waals surface area contributed by atoms with E-state index in [-0.39, 0.29) is 5.91 Å². The lowest BCUT2D eigenvalue weighted by atomic mass is 10.3. The van der Waals surface area contributed by atoms with Crippen LogP contribution >= 0.6 is 11.6 Å². The summed E-state index contributed by atoms with van der Waals surface area (Å²) in [6.45, 7) is 7.11. The molecule has 9 heteroatoms. The maximum Gasteiger partial charge on any atom is 0.221 e. The number of halogens is 1. The van der Waals surface area contributed by atoms with Gasteiger partial charge in [-0.2, -0.15) is 0 Å². The summed E-state index contributed by atoms with van der Waals surface area (Å²) in [6, 6.07) is 7.18. The Morgan fingerprint density at radius 1 is 0.724 bits per heavy atom. The summed E-state index contributed by atoms with van der Waals surface area (Å²) in [5.41, 5.74) is 0.738. The van der Waals surface area contributed by atoms with Crippen molar-refractivity contribution >= 4 is 23.2 Å². The highest BCUT2D eigenvalue weighted by atomic mass is 35.5. The van der Waals surface area contributed by atoms with Crippen molar-refractivity contribution in [3.05, 3.63) is 24.3 Å². The Labute approximate surface area is 177 Å². The number of rotatable bonds is 19. The molecule has 0 aromatic heterocycles. The quantitative estimate of drug-likeness (QED) is 0.265. The number of hydrogen-bond acceptors (Lipinski definition) is 7. The first kappa shape index (κ1) is 25.6. The van der Waals surface area contributed by atoms with Gasteiger partial charge in [-0.3, -0.25) is 4.79 Å². The number of carbonyl (C=O) groups excluding carboxylic acids is 1. The molecule has 0 spiro atoms. The van der Waals surface area contributed by atoms with Crippen molar-refractivity contribution in [1.82, 2.24) is 0 Å². The number of carbonyl (C=O) groups is 1. The van der Waals surface area contributed by atoms with E-state index < -0.39 is 0 Å². The summed E-state index contributed by atoms with van der Waals surface area (Å²) in [7, 11) is 0. The molecule has 1 rings (SSSR count). The van der Waals surface area contributed by atoms with Crippen LogP contribution in [0, 0.1) is 0 Å². The van der Waals surface area contributed by atoms with Crippen LogP contribution in [0.15, 0.2) is 24.3 Å². The molecular weight excluding hydrogens is 402 g/mol. The van der Waals surface area contributed by atoms with Crippen LogP contribution in [0.1, 0.15) is 6.92 Å². The fraction of sp³-hybridized carbons (Fsp3) is 0.650. The van der Waals surface area contributed by atoms with Crippen LogP contribution in [0.25, 0.3) is 0 Å². The number of nitrogens with one attached hydrogen (secondary N) is 1. The zero-order chi connectivity index (χ0) is 21.0. The molecule has 1 amide bonds. The molecule has 8 nitrogen and oxygen atoms in total. The average Bonchev–Trinajstić information content (AvgIpc) is 2.71. The predicted octanol–water partition coefficient (Wildman–Crippen LogP) is 2.35. The van der Waals surface area contributed by atoms with Crippen molar-refractivity contribution in [2.24, 2.45) is 0 Å². The van der Waals surface area contributed by atoms with E-state index in [9.17, 15) is 4.79 Å². The molecule has 1 aromatic carbocycles. The van der Waals surface area contributed by atoms with Crippen molar-refractivity contribution in [3.63, 3.8) is 0 Å². The summed E-state index contributed by atoms with van der Waals surface area (Å²) < 4.78 is 32.3. The molecule has 0 heterocycles. The van der Waals surface area contributed by atoms with Crippen LogP contribution in [-0.4, -0.2) is 84.5 Å². The maximum atomic E-state index is 11.0. The Hall–Kier alpha value is -1.42. The molecule has 0 unspecified atom stereocenters. The highest BCUT2D eigenvalue weighted by molar-refractivity contribution is 6.17. The van der Waals surface area contributed by atoms with E-state index in [0.29, 0.717) is 78.6 Å². The second-order valence-electron chi connectivity index (χ2n) is 5.80. The highest BCUT2D eigenvalue weighted by Crippen LogP contribution is 2.15. The fourth-order valence-electron chi connectivity index (χ4n) is 2.09. The number of ether oxygens (including phenoxy) is 6. The Morgan fingerprint density at radius 3 is 1.55 bits per heavy atom. The first-order valence-electron chi connectivity index (χ1n) is 9.67. The van der Waals surface area contributed by atoms with Crippen molar-refractivity contribution < 1.29 is 33.2 Å². The molecule has 0 aliphatic carbocycles. The van der Waals surface area contributed by atoms with E-state index in [0.717, 1.165) is 11.4 Å². The minimum Gasteiger partial charge on any atom is -0.491 e. The topological polar surface area (TPSA) is 84.5 Å². The van der Waals surface area contributed by atoms with E-state index in [4.69, 9.17) is 40.0 Å². The van der Waals surface area contributed by atoms with Crippen LogP contribution in [0.5, 0.6) is 5.75 Å². The minimum atomic E-state index is -0.102. The third-order valence-electron chi connectivity index (χ3n) is 3.38. The molecule has 0 atom stereocenters. The zero-order valence-corrected chi connectivity index (χ0v) is 17.8. The summed E-state index contributed by atoms with van der Waals surface area (Å²) in [6.07, 6.45) is 0. The van der Waals surface area contributed by atoms with Gasteiger partial charge in [0.15, 0.2) is 0 Å². The van der Waals surface area contributed by atoms with E-state index in [2.05, 4.69) is 5.32 Å². The molecule has 0 radical (unpaired) electrons. The predicted molar refractivity (Wildman–Crippen MR) is 111 cm³/mol. The van der Waals surface area contributed by atoms with Crippen LogP contribution in [0.3, 0.4) is 0 Å². The van der Waals surface area contributed by atoms with Gasteiger partial charge in [0.2, 0.25) is 5.91 Å². The number of anilines is 1. The standard InChI is InChI=1S/C20H32ClNO7/c1-18(23)22-19-2-4-20(5-3-19)29-17-16-28-15-14-27-13-12-26-11-10-25-9-8-24-7-6-21/h2-5H,6-17H2,1H3,(H,22,23). The van der Waals surface area contributed by atoms with Gasteiger partial charge < -0.3 is 33.7 Å². The van der Waals surface area contributed by atoms with Gasteiger partial charge in [-0.15, -0.1) is 11.6 Å². The SMILES string of the molecule is CC(=O)Nc1ccc(OCCOCCOCCOCCOCCOCCCl)cc1. The van der Waals surface area contributed by atoms with E-state index in [1.54, 1.807) is 24.3 Å². The minimum absolute atomic E-state index is 0.102. The Bertz CT molecular complexity index is 516. The Kier molecular flexibility index (Phi) is 16.4. The van der Waals surface area contributed by atoms with Gasteiger partial charge >= 0.3 is 0 Å². The summed E-state index contributed by atoms with van der Waals surface area (Å²) in [4.78, 5) is 11.0. The van der Waals surface area contributed by atoms with Crippen LogP contribution in [0.4, 0.5) is 5.69 Å². The van der Waals surface area contributed by atoms with Gasteiger partial charge in [0.1, 0.15) is 12.4 Å². The number of amides is 1. The van der Waals surface area contributed by atoms with Crippen molar-refractivity contribution in [2.75, 3.05) is 83.9 Å². The van der Waals surface area contributed by atoms with Gasteiger partial charge in [-0.25, -0.2) is 0 Å². The largest absolute Gasteiger partial charge is 0.491 e. The normalized spacial score (nSPS) is 10.8. The van der Waals surface area contributed by atoms with Crippen molar-refractivity contribution in [1.29, 1.82) is 0 Å². The molecule has 166 valence electrons. The Balaban J connectivity index is 1.80. The maximum absolute atomic E-state index is 11.0. The fourth-order valence-corrected chi connectivity index (χ4v) is 2.20. The lowest BCUT2D eigenvalue weighted by Gasteiger charge is -2.09. The first-order chi connectivity index (χ1) is 14.2. The number of hydrogen-bond donors (Lipinski definition) is 1. The summed E-state index contributed by atoms with van der Waals surface area (Å²) in [5.74, 6) is 1.12. The summed E-state index contributed by atoms with van der Waals surface area (Å²) in [5, 5.41) is 2.70. The molecule has 1 N–H and O–H groups in total. The van der Waals surface area contributed by atoms with E-state index in [1.807, 2.05) is 0 Å². The monoisotopic (exact) mass is 433 g/mol. The second-order valence-corrected chi connectivity index (χ2v) is 6.18. The molecule has 1 aromatic rings. The molecule has 0 aliphatic rings. The average molecular weight is 434 g/mol. The van der Waals surface area contributed by atoms with Gasteiger partial charge in [-0.05, 0) is 24.3 Å². The molecule has 0 aliphatic heterocycles. The molecule has 29 heavy (non-hydrogen) atoms.